The Kier molecular flexibility index (Phi) is 5.37. The number of aryl methyl sites for hydroxylation is 1. The number of para-hydroxylation sites is 1. The summed E-state index contributed by atoms with van der Waals surface area (Å²) in [6.45, 7) is 3.94. The Morgan fingerprint density at radius 1 is 1.22 bits per heavy atom. The first-order chi connectivity index (χ1) is 11.1. The molecule has 0 aliphatic rings. The number of hydrogen-bond acceptors (Lipinski definition) is 3. The quantitative estimate of drug-likeness (QED) is 0.917. The van der Waals surface area contributed by atoms with Crippen LogP contribution in [0.15, 0.2) is 42.5 Å². The summed E-state index contributed by atoms with van der Waals surface area (Å²) in [7, 11) is 1.58. The van der Waals surface area contributed by atoms with Crippen LogP contribution in [-0.4, -0.2) is 13.0 Å². The van der Waals surface area contributed by atoms with Gasteiger partial charge in [0.1, 0.15) is 11.7 Å². The second kappa shape index (κ2) is 7.46. The molecular formula is C19H20N2O2. The van der Waals surface area contributed by atoms with Crippen molar-refractivity contribution >= 4 is 11.6 Å². The molecule has 0 unspecified atom stereocenters. The fourth-order valence-corrected chi connectivity index (χ4v) is 2.39. The number of nitriles is 1. The molecule has 0 heterocycles. The SMILES string of the molecule is COc1ccccc1C[C@@H](C#N)C(=O)Nc1cccc(C)c1C. The molecule has 1 N–H and O–H groups in total. The molecule has 0 bridgehead atoms. The first-order valence-corrected chi connectivity index (χ1v) is 7.45. The van der Waals surface area contributed by atoms with Gasteiger partial charge in [0.15, 0.2) is 0 Å². The molecule has 2 aromatic rings. The molecule has 1 atom stereocenters. The number of carbonyl (C=O) groups excluding carboxylic acids is 1. The minimum atomic E-state index is -0.772. The summed E-state index contributed by atoms with van der Waals surface area (Å²) < 4.78 is 5.28. The van der Waals surface area contributed by atoms with E-state index >= 15 is 0 Å². The van der Waals surface area contributed by atoms with E-state index in [1.165, 1.54) is 0 Å². The van der Waals surface area contributed by atoms with Crippen molar-refractivity contribution < 1.29 is 9.53 Å². The van der Waals surface area contributed by atoms with Gasteiger partial charge in [-0.25, -0.2) is 0 Å². The third-order valence-corrected chi connectivity index (χ3v) is 3.95. The molecule has 0 saturated carbocycles. The highest BCUT2D eigenvalue weighted by Crippen LogP contribution is 2.23. The lowest BCUT2D eigenvalue weighted by molar-refractivity contribution is -0.118. The van der Waals surface area contributed by atoms with Crippen molar-refractivity contribution in [3.05, 3.63) is 59.2 Å². The van der Waals surface area contributed by atoms with Gasteiger partial charge in [0, 0.05) is 12.1 Å². The number of rotatable bonds is 5. The summed E-state index contributed by atoms with van der Waals surface area (Å²) in [4.78, 5) is 12.4. The van der Waals surface area contributed by atoms with Crippen molar-refractivity contribution in [2.45, 2.75) is 20.3 Å². The van der Waals surface area contributed by atoms with Gasteiger partial charge in [-0.3, -0.25) is 4.79 Å². The fourth-order valence-electron chi connectivity index (χ4n) is 2.39. The van der Waals surface area contributed by atoms with Gasteiger partial charge in [-0.15, -0.1) is 0 Å². The van der Waals surface area contributed by atoms with Crippen LogP contribution in [0.4, 0.5) is 5.69 Å². The van der Waals surface area contributed by atoms with Crippen LogP contribution in [0.2, 0.25) is 0 Å². The maximum atomic E-state index is 12.4. The van der Waals surface area contributed by atoms with Gasteiger partial charge in [0.05, 0.1) is 13.2 Å². The van der Waals surface area contributed by atoms with Crippen molar-refractivity contribution in [1.29, 1.82) is 5.26 Å². The van der Waals surface area contributed by atoms with Gasteiger partial charge in [-0.05, 0) is 42.7 Å². The summed E-state index contributed by atoms with van der Waals surface area (Å²) in [6, 6.07) is 15.2. The molecule has 0 aliphatic carbocycles. The Morgan fingerprint density at radius 3 is 2.65 bits per heavy atom. The zero-order chi connectivity index (χ0) is 16.8. The highest BCUT2D eigenvalue weighted by Gasteiger charge is 2.21. The molecule has 4 nitrogen and oxygen atoms in total. The predicted molar refractivity (Wildman–Crippen MR) is 90.3 cm³/mol. The highest BCUT2D eigenvalue weighted by molar-refractivity contribution is 5.95. The Labute approximate surface area is 136 Å². The van der Waals surface area contributed by atoms with Crippen LogP contribution < -0.4 is 10.1 Å². The molecule has 0 saturated heterocycles. The minimum absolute atomic E-state index is 0.299. The van der Waals surface area contributed by atoms with Crippen LogP contribution in [0, 0.1) is 31.1 Å². The Hall–Kier alpha value is -2.80. The van der Waals surface area contributed by atoms with E-state index in [9.17, 15) is 10.1 Å². The third-order valence-electron chi connectivity index (χ3n) is 3.95. The molecule has 2 rings (SSSR count). The van der Waals surface area contributed by atoms with E-state index in [-0.39, 0.29) is 5.91 Å². The van der Waals surface area contributed by atoms with E-state index in [1.807, 2.05) is 56.3 Å². The summed E-state index contributed by atoms with van der Waals surface area (Å²) in [5, 5.41) is 12.2. The Bertz CT molecular complexity index is 747. The van der Waals surface area contributed by atoms with Crippen LogP contribution in [0.25, 0.3) is 0 Å². The Balaban J connectivity index is 2.16. The van der Waals surface area contributed by atoms with Crippen molar-refractivity contribution in [3.63, 3.8) is 0 Å². The van der Waals surface area contributed by atoms with Crippen LogP contribution in [-0.2, 0) is 11.2 Å². The summed E-state index contributed by atoms with van der Waals surface area (Å²) >= 11 is 0. The molecule has 0 aromatic heterocycles. The van der Waals surface area contributed by atoms with Crippen LogP contribution >= 0.6 is 0 Å². The van der Waals surface area contributed by atoms with Crippen LogP contribution in [0.3, 0.4) is 0 Å². The monoisotopic (exact) mass is 308 g/mol. The van der Waals surface area contributed by atoms with Gasteiger partial charge >= 0.3 is 0 Å². The topological polar surface area (TPSA) is 62.1 Å². The highest BCUT2D eigenvalue weighted by atomic mass is 16.5. The van der Waals surface area contributed by atoms with E-state index < -0.39 is 5.92 Å². The van der Waals surface area contributed by atoms with Crippen molar-refractivity contribution in [3.8, 4) is 11.8 Å². The molecule has 2 aromatic carbocycles. The van der Waals surface area contributed by atoms with Gasteiger partial charge in [0.25, 0.3) is 0 Å². The zero-order valence-corrected chi connectivity index (χ0v) is 13.6. The number of anilines is 1. The molecule has 1 amide bonds. The summed E-state index contributed by atoms with van der Waals surface area (Å²) in [5.41, 5.74) is 3.70. The predicted octanol–water partition coefficient (Wildman–Crippen LogP) is 3.63. The lowest BCUT2D eigenvalue weighted by Gasteiger charge is -2.14. The zero-order valence-electron chi connectivity index (χ0n) is 13.6. The maximum Gasteiger partial charge on any atom is 0.242 e. The molecule has 0 radical (unpaired) electrons. The van der Waals surface area contributed by atoms with E-state index in [2.05, 4.69) is 11.4 Å². The number of methoxy groups -OCH3 is 1. The first-order valence-electron chi connectivity index (χ1n) is 7.45. The van der Waals surface area contributed by atoms with E-state index in [0.29, 0.717) is 12.2 Å². The number of nitrogens with zero attached hydrogens (tertiary/aromatic N) is 1. The number of carbonyl (C=O) groups is 1. The summed E-state index contributed by atoms with van der Waals surface area (Å²) in [6.07, 6.45) is 0.317. The van der Waals surface area contributed by atoms with Crippen LogP contribution in [0.5, 0.6) is 5.75 Å². The van der Waals surface area contributed by atoms with Gasteiger partial charge in [-0.2, -0.15) is 5.26 Å². The average molecular weight is 308 g/mol. The number of nitrogens with one attached hydrogen (secondary N) is 1. The number of amides is 1. The lowest BCUT2D eigenvalue weighted by Crippen LogP contribution is -2.24. The van der Waals surface area contributed by atoms with Crippen molar-refractivity contribution in [2.24, 2.45) is 5.92 Å². The lowest BCUT2D eigenvalue weighted by atomic mass is 9.98. The normalized spacial score (nSPS) is 11.4. The van der Waals surface area contributed by atoms with Crippen LogP contribution in [0.1, 0.15) is 16.7 Å². The number of ether oxygens (including phenoxy) is 1. The van der Waals surface area contributed by atoms with Gasteiger partial charge < -0.3 is 10.1 Å². The van der Waals surface area contributed by atoms with Gasteiger partial charge in [0.2, 0.25) is 5.91 Å². The molecule has 4 heteroatoms. The fraction of sp³-hybridized carbons (Fsp3) is 0.263. The second-order valence-electron chi connectivity index (χ2n) is 5.43. The minimum Gasteiger partial charge on any atom is -0.496 e. The van der Waals surface area contributed by atoms with E-state index in [4.69, 9.17) is 4.74 Å². The maximum absolute atomic E-state index is 12.4. The number of hydrogen-bond donors (Lipinski definition) is 1. The smallest absolute Gasteiger partial charge is 0.242 e. The van der Waals surface area contributed by atoms with E-state index in [0.717, 1.165) is 22.4 Å². The third kappa shape index (κ3) is 3.89. The molecule has 0 aliphatic heterocycles. The van der Waals surface area contributed by atoms with Crippen molar-refractivity contribution in [2.75, 3.05) is 12.4 Å². The summed E-state index contributed by atoms with van der Waals surface area (Å²) in [5.74, 6) is -0.384. The van der Waals surface area contributed by atoms with Gasteiger partial charge in [-0.1, -0.05) is 30.3 Å². The molecule has 0 spiro atoms. The van der Waals surface area contributed by atoms with Crippen molar-refractivity contribution in [1.82, 2.24) is 0 Å². The average Bonchev–Trinajstić information content (AvgIpc) is 2.57. The molecule has 118 valence electrons. The standard InChI is InChI=1S/C19H20N2O2/c1-13-7-6-9-17(14(13)2)21-19(22)16(12-20)11-15-8-4-5-10-18(15)23-3/h4-10,16H,11H2,1-3H3,(H,21,22)/t16-/m0/s1. The number of benzene rings is 2. The van der Waals surface area contributed by atoms with E-state index in [1.54, 1.807) is 7.11 Å². The Morgan fingerprint density at radius 2 is 1.96 bits per heavy atom. The largest absolute Gasteiger partial charge is 0.496 e. The first kappa shape index (κ1) is 16.6. The second-order valence-corrected chi connectivity index (χ2v) is 5.43. The molecular weight excluding hydrogens is 288 g/mol. The molecule has 0 fully saturated rings. The molecule has 23 heavy (non-hydrogen) atoms.